The summed E-state index contributed by atoms with van der Waals surface area (Å²) in [5.41, 5.74) is 5.62. The Balaban J connectivity index is 1.64. The quantitative estimate of drug-likeness (QED) is 0.747. The summed E-state index contributed by atoms with van der Waals surface area (Å²) in [4.78, 5) is 30.1. The fourth-order valence-corrected chi connectivity index (χ4v) is 4.70. The van der Waals surface area contributed by atoms with Gasteiger partial charge in [-0.05, 0) is 41.0 Å². The number of nitrogens with zero attached hydrogens (tertiary/aromatic N) is 2. The van der Waals surface area contributed by atoms with Gasteiger partial charge in [0.25, 0.3) is 0 Å². The van der Waals surface area contributed by atoms with Crippen molar-refractivity contribution in [2.45, 2.75) is 52.4 Å². The zero-order valence-electron chi connectivity index (χ0n) is 17.8. The van der Waals surface area contributed by atoms with Crippen LogP contribution >= 0.6 is 0 Å². The van der Waals surface area contributed by atoms with Crippen LogP contribution in [0.3, 0.4) is 0 Å². The highest BCUT2D eigenvalue weighted by Gasteiger charge is 2.40. The van der Waals surface area contributed by atoms with Crippen LogP contribution in [0, 0.1) is 5.92 Å². The van der Waals surface area contributed by atoms with Crippen molar-refractivity contribution in [2.75, 3.05) is 22.9 Å². The molecule has 0 radical (unpaired) electrons. The molecule has 2 aliphatic rings. The van der Waals surface area contributed by atoms with E-state index in [-0.39, 0.29) is 17.7 Å². The van der Waals surface area contributed by atoms with Gasteiger partial charge in [-0.3, -0.25) is 9.59 Å². The topological polar surface area (TPSA) is 40.6 Å². The van der Waals surface area contributed by atoms with E-state index in [9.17, 15) is 9.59 Å². The molecular formula is C25H30N2O2. The Labute approximate surface area is 173 Å². The lowest BCUT2D eigenvalue weighted by atomic mass is 9.92. The molecule has 2 heterocycles. The molecule has 0 aromatic heterocycles. The molecule has 0 spiro atoms. The van der Waals surface area contributed by atoms with E-state index < -0.39 is 0 Å². The lowest BCUT2D eigenvalue weighted by Gasteiger charge is -2.27. The largest absolute Gasteiger partial charge is 0.312 e. The van der Waals surface area contributed by atoms with Crippen LogP contribution in [-0.2, 0) is 16.0 Å². The third kappa shape index (κ3) is 3.45. The first kappa shape index (κ1) is 19.7. The molecule has 4 nitrogen and oxygen atoms in total. The number of hydrogen-bond acceptors (Lipinski definition) is 2. The molecule has 152 valence electrons. The van der Waals surface area contributed by atoms with Crippen LogP contribution in [0.25, 0.3) is 0 Å². The normalized spacial score (nSPS) is 18.8. The Kier molecular flexibility index (Phi) is 5.20. The van der Waals surface area contributed by atoms with Crippen molar-refractivity contribution in [3.63, 3.8) is 0 Å². The Bertz CT molecular complexity index is 921. The van der Waals surface area contributed by atoms with Gasteiger partial charge in [-0.15, -0.1) is 0 Å². The molecular weight excluding hydrogens is 360 g/mol. The van der Waals surface area contributed by atoms with Crippen LogP contribution in [0.1, 0.15) is 62.6 Å². The molecule has 1 saturated heterocycles. The van der Waals surface area contributed by atoms with Crippen molar-refractivity contribution in [3.8, 4) is 0 Å². The monoisotopic (exact) mass is 390 g/mol. The number of carbonyl (C=O) groups excluding carboxylic acids is 2. The van der Waals surface area contributed by atoms with Crippen molar-refractivity contribution in [2.24, 2.45) is 5.92 Å². The molecule has 0 aliphatic carbocycles. The van der Waals surface area contributed by atoms with Crippen molar-refractivity contribution < 1.29 is 9.59 Å². The van der Waals surface area contributed by atoms with E-state index in [1.165, 1.54) is 16.7 Å². The van der Waals surface area contributed by atoms with E-state index in [0.717, 1.165) is 17.8 Å². The third-order valence-electron chi connectivity index (χ3n) is 6.24. The van der Waals surface area contributed by atoms with Crippen molar-refractivity contribution in [1.29, 1.82) is 0 Å². The van der Waals surface area contributed by atoms with Gasteiger partial charge >= 0.3 is 0 Å². The summed E-state index contributed by atoms with van der Waals surface area (Å²) >= 11 is 0. The number of rotatable bonds is 4. The molecule has 29 heavy (non-hydrogen) atoms. The van der Waals surface area contributed by atoms with E-state index >= 15 is 0 Å². The van der Waals surface area contributed by atoms with Gasteiger partial charge < -0.3 is 9.80 Å². The lowest BCUT2D eigenvalue weighted by molar-refractivity contribution is -0.124. The number of carbonyl (C=O) groups is 2. The number of para-hydroxylation sites is 2. The van der Waals surface area contributed by atoms with Crippen molar-refractivity contribution in [1.82, 2.24) is 0 Å². The average molecular weight is 391 g/mol. The molecule has 4 heteroatoms. The SMILES string of the molecule is CC(C)c1cccc(C(C)C)c1N1CC(C(=O)N2CCc3ccccc32)CC1=O. The van der Waals surface area contributed by atoms with Crippen LogP contribution in [0.15, 0.2) is 42.5 Å². The fourth-order valence-electron chi connectivity index (χ4n) is 4.70. The summed E-state index contributed by atoms with van der Waals surface area (Å²) in [7, 11) is 0. The second-order valence-electron chi connectivity index (χ2n) is 8.87. The molecule has 0 N–H and O–H groups in total. The second kappa shape index (κ2) is 7.66. The maximum absolute atomic E-state index is 13.3. The summed E-state index contributed by atoms with van der Waals surface area (Å²) < 4.78 is 0. The van der Waals surface area contributed by atoms with E-state index in [4.69, 9.17) is 0 Å². The first-order valence-electron chi connectivity index (χ1n) is 10.7. The van der Waals surface area contributed by atoms with Crippen LogP contribution in [0.5, 0.6) is 0 Å². The van der Waals surface area contributed by atoms with Crippen LogP contribution < -0.4 is 9.80 Å². The van der Waals surface area contributed by atoms with Crippen LogP contribution in [0.4, 0.5) is 11.4 Å². The van der Waals surface area contributed by atoms with Gasteiger partial charge in [0, 0.05) is 25.2 Å². The van der Waals surface area contributed by atoms with Gasteiger partial charge in [0.15, 0.2) is 0 Å². The number of amides is 2. The molecule has 4 rings (SSSR count). The fraction of sp³-hybridized carbons (Fsp3) is 0.440. The molecule has 2 aromatic rings. The van der Waals surface area contributed by atoms with E-state index in [2.05, 4.69) is 52.0 Å². The zero-order valence-corrected chi connectivity index (χ0v) is 17.8. The molecule has 1 unspecified atom stereocenters. The first-order chi connectivity index (χ1) is 13.9. The van der Waals surface area contributed by atoms with Gasteiger partial charge in [0.05, 0.1) is 11.6 Å². The second-order valence-corrected chi connectivity index (χ2v) is 8.87. The predicted molar refractivity (Wildman–Crippen MR) is 118 cm³/mol. The molecule has 1 fully saturated rings. The summed E-state index contributed by atoms with van der Waals surface area (Å²) in [5, 5.41) is 0. The Morgan fingerprint density at radius 2 is 1.62 bits per heavy atom. The Hall–Kier alpha value is -2.62. The van der Waals surface area contributed by atoms with E-state index in [0.29, 0.717) is 31.3 Å². The Morgan fingerprint density at radius 1 is 0.966 bits per heavy atom. The highest BCUT2D eigenvalue weighted by atomic mass is 16.2. The smallest absolute Gasteiger partial charge is 0.232 e. The van der Waals surface area contributed by atoms with Crippen molar-refractivity contribution >= 4 is 23.2 Å². The molecule has 2 aromatic carbocycles. The standard InChI is InChI=1S/C25H30N2O2/c1-16(2)20-9-7-10-21(17(3)4)24(20)27-15-19(14-23(27)28)25(29)26-13-12-18-8-5-6-11-22(18)26/h5-11,16-17,19H,12-15H2,1-4H3. The summed E-state index contributed by atoms with van der Waals surface area (Å²) in [6.07, 6.45) is 1.18. The van der Waals surface area contributed by atoms with Gasteiger partial charge in [-0.25, -0.2) is 0 Å². The van der Waals surface area contributed by atoms with Gasteiger partial charge in [0.2, 0.25) is 11.8 Å². The van der Waals surface area contributed by atoms with Gasteiger partial charge in [0.1, 0.15) is 0 Å². The van der Waals surface area contributed by atoms with E-state index in [1.807, 2.05) is 28.0 Å². The molecule has 2 aliphatic heterocycles. The number of benzene rings is 2. The maximum atomic E-state index is 13.3. The summed E-state index contributed by atoms with van der Waals surface area (Å²) in [6.45, 7) is 9.82. The van der Waals surface area contributed by atoms with Crippen LogP contribution in [-0.4, -0.2) is 24.9 Å². The molecule has 1 atom stereocenters. The minimum Gasteiger partial charge on any atom is -0.312 e. The maximum Gasteiger partial charge on any atom is 0.232 e. The van der Waals surface area contributed by atoms with Crippen LogP contribution in [0.2, 0.25) is 0 Å². The molecule has 0 bridgehead atoms. The number of hydrogen-bond donors (Lipinski definition) is 0. The summed E-state index contributed by atoms with van der Waals surface area (Å²) in [6, 6.07) is 14.4. The minimum atomic E-state index is -0.283. The number of anilines is 2. The molecule has 0 saturated carbocycles. The zero-order chi connectivity index (χ0) is 20.7. The number of fused-ring (bicyclic) bond motifs is 1. The Morgan fingerprint density at radius 3 is 2.28 bits per heavy atom. The van der Waals surface area contributed by atoms with Gasteiger partial charge in [-0.2, -0.15) is 0 Å². The highest BCUT2D eigenvalue weighted by molar-refractivity contribution is 6.05. The van der Waals surface area contributed by atoms with Crippen molar-refractivity contribution in [3.05, 3.63) is 59.2 Å². The average Bonchev–Trinajstić information content (AvgIpc) is 3.30. The lowest BCUT2D eigenvalue weighted by Crippen LogP contribution is -2.36. The third-order valence-corrected chi connectivity index (χ3v) is 6.24. The first-order valence-corrected chi connectivity index (χ1v) is 10.7. The summed E-state index contributed by atoms with van der Waals surface area (Å²) in [5.74, 6) is 0.493. The predicted octanol–water partition coefficient (Wildman–Crippen LogP) is 4.88. The van der Waals surface area contributed by atoms with E-state index in [1.54, 1.807) is 0 Å². The molecule has 2 amide bonds. The van der Waals surface area contributed by atoms with Gasteiger partial charge in [-0.1, -0.05) is 64.1 Å². The minimum absolute atomic E-state index is 0.0610. The highest BCUT2D eigenvalue weighted by Crippen LogP contribution is 2.39.